The van der Waals surface area contributed by atoms with Crippen LogP contribution in [0.5, 0.6) is 0 Å². The summed E-state index contributed by atoms with van der Waals surface area (Å²) in [6.07, 6.45) is 7.33. The molecule has 0 aromatic carbocycles. The van der Waals surface area contributed by atoms with Crippen LogP contribution in [0.4, 0.5) is 0 Å². The summed E-state index contributed by atoms with van der Waals surface area (Å²) >= 11 is 1.53. The van der Waals surface area contributed by atoms with E-state index in [9.17, 15) is 4.79 Å². The molecule has 0 saturated carbocycles. The number of thiazole rings is 1. The largest absolute Gasteiger partial charge is 0.468 e. The van der Waals surface area contributed by atoms with Crippen molar-refractivity contribution in [1.82, 2.24) is 15.2 Å². The van der Waals surface area contributed by atoms with Gasteiger partial charge in [-0.3, -0.25) is 9.69 Å². The molecule has 0 bridgehead atoms. The van der Waals surface area contributed by atoms with Gasteiger partial charge in [0, 0.05) is 6.54 Å². The van der Waals surface area contributed by atoms with Gasteiger partial charge in [0.05, 0.1) is 23.0 Å². The number of rotatable bonds is 8. The Hall–Kier alpha value is -1.66. The Bertz CT molecular complexity index is 675. The van der Waals surface area contributed by atoms with Crippen molar-refractivity contribution in [2.45, 2.75) is 52.0 Å². The maximum Gasteiger partial charge on any atom is 0.263 e. The molecule has 136 valence electrons. The zero-order chi connectivity index (χ0) is 17.6. The molecule has 25 heavy (non-hydrogen) atoms. The number of likely N-dealkylation sites (tertiary alicyclic amines) is 1. The average Bonchev–Trinajstić information content (AvgIpc) is 3.35. The molecule has 1 N–H and O–H groups in total. The van der Waals surface area contributed by atoms with Crippen molar-refractivity contribution in [3.63, 3.8) is 0 Å². The number of hydrogen-bond acceptors (Lipinski definition) is 5. The topological polar surface area (TPSA) is 58.4 Å². The minimum absolute atomic E-state index is 0.0199. The summed E-state index contributed by atoms with van der Waals surface area (Å²) in [6, 6.07) is 4.01. The number of nitrogens with zero attached hydrogens (tertiary/aromatic N) is 2. The normalized spacial score (nSPS) is 16.2. The minimum Gasteiger partial charge on any atom is -0.468 e. The standard InChI is InChI=1S/C19H27N3O2S/c1-3-4-9-17-21-14(2)18(25-17)19(23)20-13-15(16-8-7-12-24-16)22-10-5-6-11-22/h7-8,12,15H,3-6,9-11,13H2,1-2H3,(H,20,23). The molecular formula is C19H27N3O2S. The fourth-order valence-corrected chi connectivity index (χ4v) is 4.33. The number of furan rings is 1. The van der Waals surface area contributed by atoms with Crippen LogP contribution in [0.3, 0.4) is 0 Å². The highest BCUT2D eigenvalue weighted by molar-refractivity contribution is 7.13. The van der Waals surface area contributed by atoms with E-state index in [1.165, 1.54) is 24.2 Å². The quantitative estimate of drug-likeness (QED) is 0.773. The fraction of sp³-hybridized carbons (Fsp3) is 0.579. The number of carbonyl (C=O) groups excluding carboxylic acids is 1. The van der Waals surface area contributed by atoms with Crippen LogP contribution < -0.4 is 5.32 Å². The zero-order valence-corrected chi connectivity index (χ0v) is 15.9. The molecule has 6 heteroatoms. The molecule has 1 aliphatic rings. The predicted molar refractivity (Wildman–Crippen MR) is 100 cm³/mol. The Morgan fingerprint density at radius 2 is 2.24 bits per heavy atom. The lowest BCUT2D eigenvalue weighted by atomic mass is 10.2. The first-order chi connectivity index (χ1) is 12.2. The number of amides is 1. The number of nitrogens with one attached hydrogen (secondary N) is 1. The van der Waals surface area contributed by atoms with E-state index in [2.05, 4.69) is 22.1 Å². The van der Waals surface area contributed by atoms with Crippen LogP contribution in [0.25, 0.3) is 0 Å². The fourth-order valence-electron chi connectivity index (χ4n) is 3.31. The molecular weight excluding hydrogens is 334 g/mol. The lowest BCUT2D eigenvalue weighted by molar-refractivity contribution is 0.0937. The van der Waals surface area contributed by atoms with Crippen LogP contribution in [0, 0.1) is 6.92 Å². The second-order valence-electron chi connectivity index (χ2n) is 6.61. The summed E-state index contributed by atoms with van der Waals surface area (Å²) in [6.45, 7) is 6.77. The molecule has 1 fully saturated rings. The van der Waals surface area contributed by atoms with E-state index in [0.717, 1.165) is 53.7 Å². The van der Waals surface area contributed by atoms with E-state index in [4.69, 9.17) is 4.42 Å². The zero-order valence-electron chi connectivity index (χ0n) is 15.1. The molecule has 1 amide bonds. The van der Waals surface area contributed by atoms with Gasteiger partial charge in [0.1, 0.15) is 10.6 Å². The van der Waals surface area contributed by atoms with Gasteiger partial charge in [-0.05, 0) is 57.8 Å². The van der Waals surface area contributed by atoms with Gasteiger partial charge in [-0.15, -0.1) is 11.3 Å². The van der Waals surface area contributed by atoms with Crippen molar-refractivity contribution in [2.24, 2.45) is 0 Å². The van der Waals surface area contributed by atoms with Gasteiger partial charge in [-0.25, -0.2) is 4.98 Å². The lowest BCUT2D eigenvalue weighted by Crippen LogP contribution is -2.36. The van der Waals surface area contributed by atoms with Gasteiger partial charge in [-0.1, -0.05) is 13.3 Å². The Balaban J connectivity index is 1.64. The Kier molecular flexibility index (Phi) is 6.26. The first-order valence-electron chi connectivity index (χ1n) is 9.21. The monoisotopic (exact) mass is 361 g/mol. The number of aromatic nitrogens is 1. The molecule has 0 radical (unpaired) electrons. The lowest BCUT2D eigenvalue weighted by Gasteiger charge is -2.25. The van der Waals surface area contributed by atoms with Gasteiger partial charge < -0.3 is 9.73 Å². The summed E-state index contributed by atoms with van der Waals surface area (Å²) in [4.78, 5) is 20.3. The van der Waals surface area contributed by atoms with Gasteiger partial charge in [0.25, 0.3) is 5.91 Å². The predicted octanol–water partition coefficient (Wildman–Crippen LogP) is 3.95. The van der Waals surface area contributed by atoms with E-state index in [-0.39, 0.29) is 11.9 Å². The number of hydrogen-bond donors (Lipinski definition) is 1. The summed E-state index contributed by atoms with van der Waals surface area (Å²) in [7, 11) is 0. The van der Waals surface area contributed by atoms with Crippen molar-refractivity contribution >= 4 is 17.2 Å². The highest BCUT2D eigenvalue weighted by atomic mass is 32.1. The molecule has 2 aromatic rings. The SMILES string of the molecule is CCCCc1nc(C)c(C(=O)NCC(c2ccco2)N2CCCC2)s1. The number of carbonyl (C=O) groups is 1. The minimum atomic E-state index is -0.0199. The van der Waals surface area contributed by atoms with Crippen LogP contribution in [0.15, 0.2) is 22.8 Å². The molecule has 3 rings (SSSR count). The van der Waals surface area contributed by atoms with Crippen molar-refractivity contribution in [3.05, 3.63) is 39.7 Å². The molecule has 2 aromatic heterocycles. The van der Waals surface area contributed by atoms with Crippen LogP contribution >= 0.6 is 11.3 Å². The van der Waals surface area contributed by atoms with Gasteiger partial charge in [-0.2, -0.15) is 0 Å². The first-order valence-corrected chi connectivity index (χ1v) is 10.0. The summed E-state index contributed by atoms with van der Waals surface area (Å²) < 4.78 is 5.62. The third-order valence-corrected chi connectivity index (χ3v) is 5.92. The van der Waals surface area contributed by atoms with Crippen LogP contribution in [0.1, 0.15) is 64.8 Å². The smallest absolute Gasteiger partial charge is 0.263 e. The molecule has 0 spiro atoms. The highest BCUT2D eigenvalue weighted by Gasteiger charge is 2.26. The third-order valence-electron chi connectivity index (χ3n) is 4.70. The van der Waals surface area contributed by atoms with Crippen LogP contribution in [-0.4, -0.2) is 35.4 Å². The maximum absolute atomic E-state index is 12.7. The van der Waals surface area contributed by atoms with Crippen molar-refractivity contribution in [2.75, 3.05) is 19.6 Å². The highest BCUT2D eigenvalue weighted by Crippen LogP contribution is 2.25. The Morgan fingerprint density at radius 1 is 1.44 bits per heavy atom. The molecule has 0 aliphatic carbocycles. The third kappa shape index (κ3) is 4.50. The second-order valence-corrected chi connectivity index (χ2v) is 7.69. The van der Waals surface area contributed by atoms with Crippen LogP contribution in [0.2, 0.25) is 0 Å². The van der Waals surface area contributed by atoms with Crippen molar-refractivity contribution < 1.29 is 9.21 Å². The van der Waals surface area contributed by atoms with Gasteiger partial charge in [0.15, 0.2) is 0 Å². The van der Waals surface area contributed by atoms with Gasteiger partial charge in [0.2, 0.25) is 0 Å². The van der Waals surface area contributed by atoms with Crippen LogP contribution in [-0.2, 0) is 6.42 Å². The summed E-state index contributed by atoms with van der Waals surface area (Å²) in [5, 5.41) is 4.17. The molecule has 1 aliphatic heterocycles. The number of unbranched alkanes of at least 4 members (excludes halogenated alkanes) is 1. The van der Waals surface area contributed by atoms with Crippen molar-refractivity contribution in [3.8, 4) is 0 Å². The van der Waals surface area contributed by atoms with E-state index in [1.807, 2.05) is 19.1 Å². The van der Waals surface area contributed by atoms with E-state index < -0.39 is 0 Å². The summed E-state index contributed by atoms with van der Waals surface area (Å²) in [5.41, 5.74) is 0.837. The average molecular weight is 362 g/mol. The summed E-state index contributed by atoms with van der Waals surface area (Å²) in [5.74, 6) is 0.903. The Morgan fingerprint density at radius 3 is 2.92 bits per heavy atom. The number of aryl methyl sites for hydroxylation is 2. The Labute approximate surface area is 153 Å². The van der Waals surface area contributed by atoms with E-state index >= 15 is 0 Å². The molecule has 5 nitrogen and oxygen atoms in total. The molecule has 1 saturated heterocycles. The molecule has 1 atom stereocenters. The maximum atomic E-state index is 12.7. The second kappa shape index (κ2) is 8.63. The first kappa shape index (κ1) is 18.1. The van der Waals surface area contributed by atoms with E-state index in [0.29, 0.717) is 6.54 Å². The molecule has 3 heterocycles. The van der Waals surface area contributed by atoms with E-state index in [1.54, 1.807) is 6.26 Å². The van der Waals surface area contributed by atoms with Crippen molar-refractivity contribution in [1.29, 1.82) is 0 Å². The molecule has 1 unspecified atom stereocenters. The van der Waals surface area contributed by atoms with Gasteiger partial charge >= 0.3 is 0 Å².